The molecule has 0 N–H and O–H groups in total. The summed E-state index contributed by atoms with van der Waals surface area (Å²) >= 11 is 1.58. The minimum Gasteiger partial charge on any atom is -0.332 e. The first kappa shape index (κ1) is 25.8. The first-order valence-electron chi connectivity index (χ1n) is 11.0. The van der Waals surface area contributed by atoms with Crippen molar-refractivity contribution in [1.29, 1.82) is 0 Å². The molecule has 0 aliphatic rings. The average molecular weight is 459 g/mol. The largest absolute Gasteiger partial charge is 0.332 e. The van der Waals surface area contributed by atoms with Crippen LogP contribution in [0.15, 0.2) is 54.4 Å². The molecule has 1 aromatic heterocycles. The van der Waals surface area contributed by atoms with E-state index in [2.05, 4.69) is 34.3 Å². The second kappa shape index (κ2) is 12.0. The van der Waals surface area contributed by atoms with Crippen LogP contribution in [0, 0.1) is 17.2 Å². The molecule has 0 aliphatic heterocycles. The molecule has 0 saturated heterocycles. The monoisotopic (exact) mass is 458 g/mol. The predicted octanol–water partition coefficient (Wildman–Crippen LogP) is 5.89. The molecule has 0 bridgehead atoms. The number of benzene rings is 1. The normalized spacial score (nSPS) is 12.3. The standard InChI is InChI=1S/C26H35FN2O2S/c1-6-13-28(24(30)15-20(2)16-26(3,4)5)19-25(31)29(18-23-8-7-14-32-23)17-21-9-11-22(27)12-10-21/h6-12,14,20H,1,13,15-19H2,2-5H3. The van der Waals surface area contributed by atoms with Crippen LogP contribution in [0.4, 0.5) is 4.39 Å². The zero-order valence-electron chi connectivity index (χ0n) is 19.6. The van der Waals surface area contributed by atoms with Crippen molar-refractivity contribution in [2.75, 3.05) is 13.1 Å². The van der Waals surface area contributed by atoms with Gasteiger partial charge in [-0.15, -0.1) is 17.9 Å². The Morgan fingerprint density at radius 1 is 1.09 bits per heavy atom. The van der Waals surface area contributed by atoms with Crippen molar-refractivity contribution in [3.8, 4) is 0 Å². The van der Waals surface area contributed by atoms with E-state index in [4.69, 9.17) is 0 Å². The van der Waals surface area contributed by atoms with E-state index in [1.165, 1.54) is 12.1 Å². The average Bonchev–Trinajstić information content (AvgIpc) is 3.20. The Bertz CT molecular complexity index is 872. The van der Waals surface area contributed by atoms with Crippen LogP contribution >= 0.6 is 11.3 Å². The number of halogens is 1. The minimum absolute atomic E-state index is 0.000336. The molecule has 4 nitrogen and oxygen atoms in total. The Labute approximate surface area is 195 Å². The smallest absolute Gasteiger partial charge is 0.242 e. The van der Waals surface area contributed by atoms with E-state index in [1.807, 2.05) is 17.5 Å². The molecule has 0 fully saturated rings. The second-order valence-electron chi connectivity index (χ2n) is 9.59. The summed E-state index contributed by atoms with van der Waals surface area (Å²) in [6, 6.07) is 10.1. The Hall–Kier alpha value is -2.47. The van der Waals surface area contributed by atoms with Gasteiger partial charge >= 0.3 is 0 Å². The lowest BCUT2D eigenvalue weighted by atomic mass is 9.84. The molecule has 1 unspecified atom stereocenters. The highest BCUT2D eigenvalue weighted by atomic mass is 32.1. The first-order valence-corrected chi connectivity index (χ1v) is 11.9. The van der Waals surface area contributed by atoms with E-state index >= 15 is 0 Å². The Kier molecular flexibility index (Phi) is 9.63. The third kappa shape index (κ3) is 8.95. The number of carbonyl (C=O) groups excluding carboxylic acids is 2. The second-order valence-corrected chi connectivity index (χ2v) is 10.6. The molecule has 0 saturated carbocycles. The maximum absolute atomic E-state index is 13.3. The molecular formula is C26H35FN2O2S. The van der Waals surface area contributed by atoms with Crippen molar-refractivity contribution in [1.82, 2.24) is 9.80 Å². The Morgan fingerprint density at radius 2 is 1.78 bits per heavy atom. The van der Waals surface area contributed by atoms with Crippen molar-refractivity contribution in [3.05, 3.63) is 70.7 Å². The molecule has 1 atom stereocenters. The van der Waals surface area contributed by atoms with Gasteiger partial charge < -0.3 is 9.80 Å². The quantitative estimate of drug-likeness (QED) is 0.394. The summed E-state index contributed by atoms with van der Waals surface area (Å²) in [6.45, 7) is 13.5. The van der Waals surface area contributed by atoms with Gasteiger partial charge in [0, 0.05) is 24.4 Å². The lowest BCUT2D eigenvalue weighted by Crippen LogP contribution is -2.43. The number of carbonyl (C=O) groups is 2. The fourth-order valence-corrected chi connectivity index (χ4v) is 4.57. The van der Waals surface area contributed by atoms with E-state index in [-0.39, 0.29) is 35.5 Å². The van der Waals surface area contributed by atoms with Crippen LogP contribution in [-0.2, 0) is 22.7 Å². The highest BCUT2D eigenvalue weighted by Gasteiger charge is 2.24. The molecular weight excluding hydrogens is 423 g/mol. The summed E-state index contributed by atoms with van der Waals surface area (Å²) in [7, 11) is 0. The topological polar surface area (TPSA) is 40.6 Å². The molecule has 2 amide bonds. The van der Waals surface area contributed by atoms with E-state index in [0.717, 1.165) is 16.9 Å². The molecule has 2 rings (SSSR count). The van der Waals surface area contributed by atoms with Crippen molar-refractivity contribution in [2.24, 2.45) is 11.3 Å². The van der Waals surface area contributed by atoms with Gasteiger partial charge in [0.2, 0.25) is 11.8 Å². The van der Waals surface area contributed by atoms with Crippen LogP contribution in [0.3, 0.4) is 0 Å². The summed E-state index contributed by atoms with van der Waals surface area (Å²) in [5.74, 6) is -0.252. The molecule has 6 heteroatoms. The van der Waals surface area contributed by atoms with Gasteiger partial charge in [0.05, 0.1) is 6.54 Å². The summed E-state index contributed by atoms with van der Waals surface area (Å²) in [6.07, 6.45) is 2.99. The summed E-state index contributed by atoms with van der Waals surface area (Å²) in [4.78, 5) is 30.6. The van der Waals surface area contributed by atoms with Crippen molar-refractivity contribution < 1.29 is 14.0 Å². The maximum atomic E-state index is 13.3. The first-order chi connectivity index (χ1) is 15.1. The van der Waals surface area contributed by atoms with Crippen LogP contribution in [0.1, 0.15) is 51.0 Å². The van der Waals surface area contributed by atoms with Crippen LogP contribution in [-0.4, -0.2) is 34.7 Å². The number of thiophene rings is 1. The van der Waals surface area contributed by atoms with E-state index in [9.17, 15) is 14.0 Å². The number of hydrogen-bond acceptors (Lipinski definition) is 3. The van der Waals surface area contributed by atoms with Crippen LogP contribution in [0.25, 0.3) is 0 Å². The highest BCUT2D eigenvalue weighted by molar-refractivity contribution is 7.09. The number of rotatable bonds is 11. The third-order valence-electron chi connectivity index (χ3n) is 5.08. The van der Waals surface area contributed by atoms with Gasteiger partial charge in [-0.05, 0) is 46.9 Å². The van der Waals surface area contributed by atoms with Gasteiger partial charge in [-0.25, -0.2) is 4.39 Å². The van der Waals surface area contributed by atoms with Crippen LogP contribution < -0.4 is 0 Å². The molecule has 32 heavy (non-hydrogen) atoms. The van der Waals surface area contributed by atoms with Gasteiger partial charge in [-0.2, -0.15) is 0 Å². The van der Waals surface area contributed by atoms with Crippen molar-refractivity contribution in [2.45, 2.75) is 53.6 Å². The maximum Gasteiger partial charge on any atom is 0.242 e. The number of nitrogens with zero attached hydrogens (tertiary/aromatic N) is 2. The molecule has 174 valence electrons. The zero-order chi connectivity index (χ0) is 23.7. The molecule has 2 aromatic rings. The fraction of sp³-hybridized carbons (Fsp3) is 0.462. The van der Waals surface area contributed by atoms with Crippen molar-refractivity contribution in [3.63, 3.8) is 0 Å². The molecule has 1 aromatic carbocycles. The van der Waals surface area contributed by atoms with Gasteiger partial charge in [0.25, 0.3) is 0 Å². The predicted molar refractivity (Wildman–Crippen MR) is 130 cm³/mol. The van der Waals surface area contributed by atoms with Crippen LogP contribution in [0.5, 0.6) is 0 Å². The molecule has 1 heterocycles. The SMILES string of the molecule is C=CCN(CC(=O)N(Cc1ccc(F)cc1)Cc1cccs1)C(=O)CC(C)CC(C)(C)C. The molecule has 0 spiro atoms. The van der Waals surface area contributed by atoms with E-state index < -0.39 is 0 Å². The molecule has 0 aliphatic carbocycles. The van der Waals surface area contributed by atoms with Gasteiger partial charge in [0.1, 0.15) is 12.4 Å². The van der Waals surface area contributed by atoms with Crippen LogP contribution in [0.2, 0.25) is 0 Å². The Balaban J connectivity index is 2.11. The fourth-order valence-electron chi connectivity index (χ4n) is 3.85. The molecule has 0 radical (unpaired) electrons. The van der Waals surface area contributed by atoms with Gasteiger partial charge in [-0.3, -0.25) is 9.59 Å². The van der Waals surface area contributed by atoms with Gasteiger partial charge in [0.15, 0.2) is 0 Å². The lowest BCUT2D eigenvalue weighted by molar-refractivity contribution is -0.141. The lowest BCUT2D eigenvalue weighted by Gasteiger charge is -2.29. The summed E-state index contributed by atoms with van der Waals surface area (Å²) in [5, 5.41) is 1.97. The number of hydrogen-bond donors (Lipinski definition) is 0. The summed E-state index contributed by atoms with van der Waals surface area (Å²) < 4.78 is 13.3. The van der Waals surface area contributed by atoms with E-state index in [0.29, 0.717) is 26.1 Å². The minimum atomic E-state index is -0.308. The highest BCUT2D eigenvalue weighted by Crippen LogP contribution is 2.26. The van der Waals surface area contributed by atoms with E-state index in [1.54, 1.807) is 39.3 Å². The van der Waals surface area contributed by atoms with Crippen molar-refractivity contribution >= 4 is 23.2 Å². The third-order valence-corrected chi connectivity index (χ3v) is 5.94. The van der Waals surface area contributed by atoms with Gasteiger partial charge in [-0.1, -0.05) is 52.0 Å². The number of amides is 2. The summed E-state index contributed by atoms with van der Waals surface area (Å²) in [5.41, 5.74) is 0.988. The Morgan fingerprint density at radius 3 is 2.34 bits per heavy atom. The zero-order valence-corrected chi connectivity index (χ0v) is 20.5.